The van der Waals surface area contributed by atoms with E-state index in [9.17, 15) is 18.0 Å². The van der Waals surface area contributed by atoms with Gasteiger partial charge in [0.25, 0.3) is 0 Å². The molecule has 3 N–H and O–H groups in total. The number of pyridine rings is 1. The molecule has 0 fully saturated rings. The summed E-state index contributed by atoms with van der Waals surface area (Å²) in [5, 5.41) is 7.12. The Hall–Kier alpha value is -1.84. The maximum absolute atomic E-state index is 11.1. The number of hydrogen-bond donors (Lipinski definition) is 2. The van der Waals surface area contributed by atoms with Crippen molar-refractivity contribution in [2.24, 2.45) is 0 Å². The number of carboxylic acids is 1. The van der Waals surface area contributed by atoms with Crippen LogP contribution in [0.1, 0.15) is 16.1 Å². The number of rotatable bonds is 1. The van der Waals surface area contributed by atoms with Gasteiger partial charge in [-0.15, -0.1) is 0 Å². The second-order valence-corrected chi connectivity index (χ2v) is 4.14. The summed E-state index contributed by atoms with van der Waals surface area (Å²) in [5.74, 6) is -3.05. The van der Waals surface area contributed by atoms with Crippen LogP contribution in [0.5, 0.6) is 0 Å². The van der Waals surface area contributed by atoms with Gasteiger partial charge >= 0.3 is 18.1 Å². The standard InChI is InChI=1S/C8H9BrN2O2.C2HF3O2/c1-4-6(9)3-5(7(10)11-4)8(12)13-2;3-2(4,5)1(6)7/h3H,1-2H3,(H2,10,11);(H,6,7). The van der Waals surface area contributed by atoms with E-state index in [0.29, 0.717) is 0 Å². The van der Waals surface area contributed by atoms with E-state index in [1.54, 1.807) is 13.0 Å². The topological polar surface area (TPSA) is 103 Å². The number of carbonyl (C=O) groups excluding carboxylic acids is 1. The summed E-state index contributed by atoms with van der Waals surface area (Å²) in [4.78, 5) is 24.0. The molecule has 0 aliphatic carbocycles. The number of nitrogen functional groups attached to an aromatic ring is 1. The van der Waals surface area contributed by atoms with Crippen molar-refractivity contribution in [3.8, 4) is 0 Å². The second-order valence-electron chi connectivity index (χ2n) is 3.28. The van der Waals surface area contributed by atoms with Gasteiger partial charge in [0.15, 0.2) is 0 Å². The third-order valence-electron chi connectivity index (χ3n) is 1.83. The number of alkyl halides is 3. The number of halogens is 4. The molecular weight excluding hydrogens is 349 g/mol. The molecular formula is C10H10BrF3N2O4. The summed E-state index contributed by atoms with van der Waals surface area (Å²) >= 11 is 3.25. The molecule has 0 saturated carbocycles. The molecule has 0 amide bonds. The Kier molecular flexibility index (Phi) is 6.43. The van der Waals surface area contributed by atoms with Crippen LogP contribution >= 0.6 is 15.9 Å². The molecule has 0 bridgehead atoms. The number of aliphatic carboxylic acids is 1. The highest BCUT2D eigenvalue weighted by Crippen LogP contribution is 2.20. The van der Waals surface area contributed by atoms with Gasteiger partial charge in [-0.2, -0.15) is 13.2 Å². The number of carbonyl (C=O) groups is 2. The zero-order chi connectivity index (χ0) is 16.1. The average molecular weight is 359 g/mol. The summed E-state index contributed by atoms with van der Waals surface area (Å²) in [6, 6.07) is 1.60. The van der Waals surface area contributed by atoms with E-state index < -0.39 is 18.1 Å². The minimum atomic E-state index is -5.08. The number of nitrogens with two attached hydrogens (primary N) is 1. The summed E-state index contributed by atoms with van der Waals surface area (Å²) in [6.07, 6.45) is -5.08. The molecule has 10 heteroatoms. The highest BCUT2D eigenvalue weighted by atomic mass is 79.9. The predicted octanol–water partition coefficient (Wildman–Crippen LogP) is 2.15. The number of methoxy groups -OCH3 is 1. The number of carboxylic acid groups (broad SMARTS) is 1. The SMILES string of the molecule is COC(=O)c1cc(Br)c(C)nc1N.O=C(O)C(F)(F)F. The number of hydrogen-bond acceptors (Lipinski definition) is 5. The number of esters is 1. The molecule has 1 heterocycles. The van der Waals surface area contributed by atoms with Crippen LogP contribution in [-0.4, -0.2) is 35.3 Å². The van der Waals surface area contributed by atoms with Gasteiger partial charge < -0.3 is 15.6 Å². The Bertz CT molecular complexity index is 520. The number of nitrogens with zero attached hydrogens (tertiary/aromatic N) is 1. The van der Waals surface area contributed by atoms with E-state index in [2.05, 4.69) is 25.7 Å². The molecule has 0 aliphatic rings. The van der Waals surface area contributed by atoms with Crippen LogP contribution in [-0.2, 0) is 9.53 Å². The molecule has 0 aliphatic heterocycles. The van der Waals surface area contributed by atoms with Crippen LogP contribution < -0.4 is 5.73 Å². The van der Waals surface area contributed by atoms with Crippen molar-refractivity contribution < 1.29 is 32.6 Å². The van der Waals surface area contributed by atoms with Gasteiger partial charge in [0, 0.05) is 4.47 Å². The molecule has 1 rings (SSSR count). The first-order valence-corrected chi connectivity index (χ1v) is 5.61. The van der Waals surface area contributed by atoms with Crippen LogP contribution in [0.2, 0.25) is 0 Å². The summed E-state index contributed by atoms with van der Waals surface area (Å²) in [6.45, 7) is 1.79. The Morgan fingerprint density at radius 1 is 1.45 bits per heavy atom. The van der Waals surface area contributed by atoms with Crippen molar-refractivity contribution in [2.75, 3.05) is 12.8 Å². The monoisotopic (exact) mass is 358 g/mol. The van der Waals surface area contributed by atoms with Gasteiger partial charge in [0.1, 0.15) is 11.4 Å². The minimum Gasteiger partial charge on any atom is -0.475 e. The van der Waals surface area contributed by atoms with Crippen LogP contribution in [0.25, 0.3) is 0 Å². The Morgan fingerprint density at radius 3 is 2.25 bits per heavy atom. The molecule has 1 aromatic heterocycles. The maximum atomic E-state index is 11.1. The van der Waals surface area contributed by atoms with Crippen molar-refractivity contribution >= 4 is 33.7 Å². The average Bonchev–Trinajstić information content (AvgIpc) is 2.32. The molecule has 6 nitrogen and oxygen atoms in total. The molecule has 1 aromatic rings. The fourth-order valence-corrected chi connectivity index (χ4v) is 1.19. The van der Waals surface area contributed by atoms with Gasteiger partial charge in [0.05, 0.1) is 12.8 Å². The van der Waals surface area contributed by atoms with Gasteiger partial charge in [-0.3, -0.25) is 0 Å². The number of anilines is 1. The Labute approximate surface area is 119 Å². The van der Waals surface area contributed by atoms with Crippen LogP contribution in [0, 0.1) is 6.92 Å². The summed E-state index contributed by atoms with van der Waals surface area (Å²) < 4.78 is 37.0. The second kappa shape index (κ2) is 7.08. The van der Waals surface area contributed by atoms with Gasteiger partial charge in [-0.05, 0) is 28.9 Å². The number of aromatic nitrogens is 1. The summed E-state index contributed by atoms with van der Waals surface area (Å²) in [5.41, 5.74) is 6.55. The van der Waals surface area contributed by atoms with Gasteiger partial charge in [0.2, 0.25) is 0 Å². The molecule has 0 unspecified atom stereocenters. The third kappa shape index (κ3) is 5.43. The van der Waals surface area contributed by atoms with Crippen molar-refractivity contribution in [3.63, 3.8) is 0 Å². The quantitative estimate of drug-likeness (QED) is 0.745. The molecule has 20 heavy (non-hydrogen) atoms. The van der Waals surface area contributed by atoms with E-state index in [1.165, 1.54) is 7.11 Å². The molecule has 0 aromatic carbocycles. The van der Waals surface area contributed by atoms with Gasteiger partial charge in [-0.25, -0.2) is 14.6 Å². The van der Waals surface area contributed by atoms with Crippen molar-refractivity contribution in [2.45, 2.75) is 13.1 Å². The van der Waals surface area contributed by atoms with E-state index in [-0.39, 0.29) is 11.4 Å². The van der Waals surface area contributed by atoms with Crippen LogP contribution in [0.4, 0.5) is 19.0 Å². The van der Waals surface area contributed by atoms with E-state index in [0.717, 1.165) is 10.2 Å². The lowest BCUT2D eigenvalue weighted by molar-refractivity contribution is -0.192. The van der Waals surface area contributed by atoms with Gasteiger partial charge in [-0.1, -0.05) is 0 Å². The smallest absolute Gasteiger partial charge is 0.475 e. The third-order valence-corrected chi connectivity index (χ3v) is 2.63. The van der Waals surface area contributed by atoms with Crippen molar-refractivity contribution in [1.82, 2.24) is 4.98 Å². The zero-order valence-electron chi connectivity index (χ0n) is 10.3. The molecule has 0 atom stereocenters. The van der Waals surface area contributed by atoms with E-state index >= 15 is 0 Å². The minimum absolute atomic E-state index is 0.188. The highest BCUT2D eigenvalue weighted by molar-refractivity contribution is 9.10. The number of ether oxygens (including phenoxy) is 1. The fourth-order valence-electron chi connectivity index (χ4n) is 0.873. The first kappa shape index (κ1) is 18.2. The lowest BCUT2D eigenvalue weighted by atomic mass is 10.2. The lowest BCUT2D eigenvalue weighted by Crippen LogP contribution is -2.21. The summed E-state index contributed by atoms with van der Waals surface area (Å²) in [7, 11) is 1.30. The molecule has 112 valence electrons. The van der Waals surface area contributed by atoms with Crippen LogP contribution in [0.3, 0.4) is 0 Å². The van der Waals surface area contributed by atoms with Crippen LogP contribution in [0.15, 0.2) is 10.5 Å². The first-order chi connectivity index (χ1) is 9.00. The normalized spacial score (nSPS) is 10.3. The largest absolute Gasteiger partial charge is 0.490 e. The Morgan fingerprint density at radius 2 is 1.90 bits per heavy atom. The van der Waals surface area contributed by atoms with Crippen molar-refractivity contribution in [1.29, 1.82) is 0 Å². The van der Waals surface area contributed by atoms with E-state index in [4.69, 9.17) is 15.6 Å². The molecule has 0 saturated heterocycles. The molecule has 0 radical (unpaired) electrons. The molecule has 0 spiro atoms. The zero-order valence-corrected chi connectivity index (χ0v) is 11.9. The maximum Gasteiger partial charge on any atom is 0.490 e. The highest BCUT2D eigenvalue weighted by Gasteiger charge is 2.38. The fraction of sp³-hybridized carbons (Fsp3) is 0.300. The Balaban J connectivity index is 0.000000441. The number of aryl methyl sites for hydroxylation is 1. The predicted molar refractivity (Wildman–Crippen MR) is 66.1 cm³/mol. The lowest BCUT2D eigenvalue weighted by Gasteiger charge is -2.05. The van der Waals surface area contributed by atoms with E-state index in [1.807, 2.05) is 0 Å². The van der Waals surface area contributed by atoms with Crippen molar-refractivity contribution in [3.05, 3.63) is 21.8 Å². The first-order valence-electron chi connectivity index (χ1n) is 4.81.